The molecule has 0 spiro atoms. The number of anilines is 1. The molecule has 0 aliphatic rings. The second-order valence-electron chi connectivity index (χ2n) is 3.60. The molecule has 1 N–H and O–H groups in total. The maximum atomic E-state index is 6.06. The molecule has 88 valence electrons. The topological polar surface area (TPSA) is 12.0 Å². The molecule has 0 bridgehead atoms. The summed E-state index contributed by atoms with van der Waals surface area (Å²) in [5, 5.41) is 4.60. The first kappa shape index (κ1) is 12.7. The minimum Gasteiger partial charge on any atom is -0.380 e. The molecule has 0 aliphatic carbocycles. The summed E-state index contributed by atoms with van der Waals surface area (Å²) in [7, 11) is 0. The summed E-state index contributed by atoms with van der Waals surface area (Å²) in [6, 6.07) is 13.5. The Morgan fingerprint density at radius 3 is 2.41 bits per heavy atom. The van der Waals surface area contributed by atoms with E-state index in [0.29, 0.717) is 16.6 Å². The Morgan fingerprint density at radius 1 is 1.00 bits per heavy atom. The van der Waals surface area contributed by atoms with Crippen molar-refractivity contribution < 1.29 is 0 Å². The highest BCUT2D eigenvalue weighted by Crippen LogP contribution is 2.25. The van der Waals surface area contributed by atoms with E-state index in [9.17, 15) is 0 Å². The predicted octanol–water partition coefficient (Wildman–Crippen LogP) is 5.37. The molecular formula is C13H10BrCl2N. The van der Waals surface area contributed by atoms with Crippen LogP contribution in [0.3, 0.4) is 0 Å². The highest BCUT2D eigenvalue weighted by Gasteiger charge is 2.01. The lowest BCUT2D eigenvalue weighted by atomic mass is 10.2. The summed E-state index contributed by atoms with van der Waals surface area (Å²) in [5.41, 5.74) is 2.03. The van der Waals surface area contributed by atoms with Crippen molar-refractivity contribution in [3.63, 3.8) is 0 Å². The molecule has 0 radical (unpaired) electrons. The van der Waals surface area contributed by atoms with Gasteiger partial charge in [-0.25, -0.2) is 0 Å². The molecule has 4 heteroatoms. The van der Waals surface area contributed by atoms with Crippen LogP contribution >= 0.6 is 39.1 Å². The largest absolute Gasteiger partial charge is 0.380 e. The van der Waals surface area contributed by atoms with Crippen molar-refractivity contribution in [2.45, 2.75) is 6.54 Å². The molecule has 2 rings (SSSR count). The molecule has 0 amide bonds. The van der Waals surface area contributed by atoms with E-state index in [1.54, 1.807) is 12.1 Å². The summed E-state index contributed by atoms with van der Waals surface area (Å²) in [6.07, 6.45) is 0. The maximum Gasteiger partial charge on any atom is 0.0638 e. The molecule has 0 aliphatic heterocycles. The fraction of sp³-hybridized carbons (Fsp3) is 0.0769. The van der Waals surface area contributed by atoms with Crippen molar-refractivity contribution in [1.29, 1.82) is 0 Å². The van der Waals surface area contributed by atoms with Gasteiger partial charge in [0.2, 0.25) is 0 Å². The molecule has 2 aromatic rings. The van der Waals surface area contributed by atoms with E-state index in [2.05, 4.69) is 33.4 Å². The molecule has 0 fully saturated rings. The Hall–Kier alpha value is -0.700. The van der Waals surface area contributed by atoms with Gasteiger partial charge in [-0.2, -0.15) is 0 Å². The van der Waals surface area contributed by atoms with Crippen LogP contribution in [-0.2, 0) is 6.54 Å². The first-order valence-electron chi connectivity index (χ1n) is 5.08. The molecule has 0 saturated heterocycles. The van der Waals surface area contributed by atoms with Crippen molar-refractivity contribution >= 4 is 44.8 Å². The van der Waals surface area contributed by atoms with Gasteiger partial charge in [-0.05, 0) is 35.9 Å². The average molecular weight is 331 g/mol. The highest BCUT2D eigenvalue weighted by molar-refractivity contribution is 9.10. The average Bonchev–Trinajstić information content (AvgIpc) is 2.32. The molecule has 0 heterocycles. The lowest BCUT2D eigenvalue weighted by Gasteiger charge is -2.09. The van der Waals surface area contributed by atoms with E-state index in [0.717, 1.165) is 10.2 Å². The standard InChI is InChI=1S/C13H10BrCl2N/c14-10-3-1-9(2-4-10)8-17-13-7-11(15)5-6-12(13)16/h1-7,17H,8H2. The minimum atomic E-state index is 0.673. The zero-order valence-electron chi connectivity index (χ0n) is 8.88. The van der Waals surface area contributed by atoms with Gasteiger partial charge < -0.3 is 5.32 Å². The molecule has 17 heavy (non-hydrogen) atoms. The Kier molecular flexibility index (Phi) is 4.32. The molecule has 0 atom stereocenters. The molecule has 2 aromatic carbocycles. The van der Waals surface area contributed by atoms with Gasteiger partial charge in [0.05, 0.1) is 10.7 Å². The fourth-order valence-electron chi connectivity index (χ4n) is 1.43. The summed E-state index contributed by atoms with van der Waals surface area (Å²) in [6.45, 7) is 0.716. The molecule has 0 unspecified atom stereocenters. The number of nitrogens with one attached hydrogen (secondary N) is 1. The minimum absolute atomic E-state index is 0.673. The summed E-state index contributed by atoms with van der Waals surface area (Å²) >= 11 is 15.4. The van der Waals surface area contributed by atoms with Crippen molar-refractivity contribution in [3.8, 4) is 0 Å². The third-order valence-electron chi connectivity index (χ3n) is 2.32. The van der Waals surface area contributed by atoms with Crippen LogP contribution in [0.2, 0.25) is 10.0 Å². The third kappa shape index (κ3) is 3.63. The van der Waals surface area contributed by atoms with E-state index in [4.69, 9.17) is 23.2 Å². The van der Waals surface area contributed by atoms with Gasteiger partial charge in [-0.15, -0.1) is 0 Å². The quantitative estimate of drug-likeness (QED) is 0.797. The second kappa shape index (κ2) is 5.76. The first-order chi connectivity index (χ1) is 8.15. The van der Waals surface area contributed by atoms with Gasteiger partial charge in [-0.3, -0.25) is 0 Å². The van der Waals surface area contributed by atoms with E-state index >= 15 is 0 Å². The molecular weight excluding hydrogens is 321 g/mol. The third-order valence-corrected chi connectivity index (χ3v) is 3.42. The number of halogens is 3. The van der Waals surface area contributed by atoms with Crippen LogP contribution in [0.15, 0.2) is 46.9 Å². The Labute approximate surface area is 119 Å². The number of hydrogen-bond acceptors (Lipinski definition) is 1. The van der Waals surface area contributed by atoms with E-state index in [-0.39, 0.29) is 0 Å². The van der Waals surface area contributed by atoms with Crippen molar-refractivity contribution in [3.05, 3.63) is 62.5 Å². The van der Waals surface area contributed by atoms with E-state index in [1.165, 1.54) is 5.56 Å². The van der Waals surface area contributed by atoms with E-state index in [1.807, 2.05) is 18.2 Å². The number of benzene rings is 2. The van der Waals surface area contributed by atoms with Crippen LogP contribution in [0.1, 0.15) is 5.56 Å². The fourth-order valence-corrected chi connectivity index (χ4v) is 2.05. The number of rotatable bonds is 3. The number of hydrogen-bond donors (Lipinski definition) is 1. The van der Waals surface area contributed by atoms with E-state index < -0.39 is 0 Å². The van der Waals surface area contributed by atoms with Gasteiger partial charge in [-0.1, -0.05) is 51.3 Å². The molecule has 1 nitrogen and oxygen atoms in total. The SMILES string of the molecule is Clc1ccc(Cl)c(NCc2ccc(Br)cc2)c1. The summed E-state index contributed by atoms with van der Waals surface area (Å²) < 4.78 is 1.07. The van der Waals surface area contributed by atoms with Crippen molar-refractivity contribution in [2.24, 2.45) is 0 Å². The van der Waals surface area contributed by atoms with Crippen molar-refractivity contribution in [1.82, 2.24) is 0 Å². The van der Waals surface area contributed by atoms with Crippen LogP contribution in [0, 0.1) is 0 Å². The monoisotopic (exact) mass is 329 g/mol. The molecule has 0 saturated carbocycles. The predicted molar refractivity (Wildman–Crippen MR) is 77.9 cm³/mol. The van der Waals surface area contributed by atoms with Gasteiger partial charge in [0.15, 0.2) is 0 Å². The summed E-state index contributed by atoms with van der Waals surface area (Å²) in [5.74, 6) is 0. The van der Waals surface area contributed by atoms with Crippen LogP contribution in [0.4, 0.5) is 5.69 Å². The second-order valence-corrected chi connectivity index (χ2v) is 5.36. The van der Waals surface area contributed by atoms with Crippen LogP contribution in [-0.4, -0.2) is 0 Å². The van der Waals surface area contributed by atoms with Crippen LogP contribution in [0.5, 0.6) is 0 Å². The first-order valence-corrected chi connectivity index (χ1v) is 6.63. The lowest BCUT2D eigenvalue weighted by Crippen LogP contribution is -1.99. The Morgan fingerprint density at radius 2 is 1.71 bits per heavy atom. The van der Waals surface area contributed by atoms with Gasteiger partial charge in [0.25, 0.3) is 0 Å². The van der Waals surface area contributed by atoms with Gasteiger partial charge in [0.1, 0.15) is 0 Å². The molecule has 0 aromatic heterocycles. The smallest absolute Gasteiger partial charge is 0.0638 e. The maximum absolute atomic E-state index is 6.06. The van der Waals surface area contributed by atoms with Crippen LogP contribution < -0.4 is 5.32 Å². The van der Waals surface area contributed by atoms with Crippen LogP contribution in [0.25, 0.3) is 0 Å². The van der Waals surface area contributed by atoms with Gasteiger partial charge >= 0.3 is 0 Å². The Bertz CT molecular complexity index is 511. The lowest BCUT2D eigenvalue weighted by molar-refractivity contribution is 1.15. The highest BCUT2D eigenvalue weighted by atomic mass is 79.9. The zero-order valence-corrected chi connectivity index (χ0v) is 12.0. The normalized spacial score (nSPS) is 10.3. The van der Waals surface area contributed by atoms with Gasteiger partial charge in [0, 0.05) is 16.0 Å². The summed E-state index contributed by atoms with van der Waals surface area (Å²) in [4.78, 5) is 0. The van der Waals surface area contributed by atoms with Crippen molar-refractivity contribution in [2.75, 3.05) is 5.32 Å². The Balaban J connectivity index is 2.07. The zero-order chi connectivity index (χ0) is 12.3.